The number of carbonyl (C=O) groups excluding carboxylic acids is 2. The van der Waals surface area contributed by atoms with Gasteiger partial charge in [0.15, 0.2) is 8.32 Å². The second-order valence-electron chi connectivity index (χ2n) is 12.1. The van der Waals surface area contributed by atoms with E-state index in [1.165, 1.54) is 5.56 Å². The first-order valence-electron chi connectivity index (χ1n) is 14.4. The van der Waals surface area contributed by atoms with Crippen LogP contribution in [0.2, 0.25) is 18.6 Å². The molecule has 8 heteroatoms. The molecule has 3 aliphatic rings. The second kappa shape index (κ2) is 11.5. The minimum atomic E-state index is -2.62. The number of aryl methyl sites for hydroxylation is 1. The van der Waals surface area contributed by atoms with Gasteiger partial charge in [-0.05, 0) is 73.5 Å². The number of amides is 2. The third kappa shape index (κ3) is 5.99. The van der Waals surface area contributed by atoms with Crippen molar-refractivity contribution in [2.75, 3.05) is 18.1 Å². The van der Waals surface area contributed by atoms with E-state index in [9.17, 15) is 19.5 Å². The van der Waals surface area contributed by atoms with Crippen LogP contribution in [-0.2, 0) is 33.7 Å². The van der Waals surface area contributed by atoms with Gasteiger partial charge in [-0.15, -0.1) is 0 Å². The molecule has 2 saturated heterocycles. The molecule has 210 valence electrons. The summed E-state index contributed by atoms with van der Waals surface area (Å²) in [4.78, 5) is 40.8. The fraction of sp³-hybridized carbons (Fsp3) is 0.548. The number of aliphatic hydroxyl groups is 1. The largest absolute Gasteiger partial charge is 0.432 e. The summed E-state index contributed by atoms with van der Waals surface area (Å²) in [6, 6.07) is 16.1. The smallest absolute Gasteiger partial charge is 0.227 e. The van der Waals surface area contributed by atoms with Crippen molar-refractivity contribution in [1.29, 1.82) is 0 Å². The topological polar surface area (TPSA) is 90.3 Å². The van der Waals surface area contributed by atoms with Crippen molar-refractivity contribution in [2.45, 2.75) is 88.9 Å². The number of rotatable bonds is 8. The van der Waals surface area contributed by atoms with Gasteiger partial charge in [0.25, 0.3) is 0 Å². The Morgan fingerprint density at radius 3 is 2.56 bits per heavy atom. The Balaban J connectivity index is 1.27. The molecule has 3 aliphatic heterocycles. The van der Waals surface area contributed by atoms with E-state index in [0.717, 1.165) is 42.6 Å². The highest BCUT2D eigenvalue weighted by molar-refractivity contribution is 6.71. The molecular weight excluding hydrogens is 508 g/mol. The third-order valence-corrected chi connectivity index (χ3v) is 11.5. The molecule has 0 aliphatic carbocycles. The summed E-state index contributed by atoms with van der Waals surface area (Å²) in [5.74, 6) is 0.298. The lowest BCUT2D eigenvalue weighted by Crippen LogP contribution is -2.48. The first-order valence-corrected chi connectivity index (χ1v) is 17.4. The van der Waals surface area contributed by atoms with Gasteiger partial charge in [-0.25, -0.2) is 0 Å². The van der Waals surface area contributed by atoms with Gasteiger partial charge < -0.3 is 24.4 Å². The fourth-order valence-electron chi connectivity index (χ4n) is 7.05. The molecule has 3 heterocycles. The number of anilines is 1. The number of nitrogens with zero attached hydrogens (tertiary/aromatic N) is 2. The van der Waals surface area contributed by atoms with E-state index < -0.39 is 8.32 Å². The lowest BCUT2D eigenvalue weighted by atomic mass is 9.93. The quantitative estimate of drug-likeness (QED) is 0.484. The van der Waals surface area contributed by atoms with Crippen LogP contribution in [0, 0.1) is 5.92 Å². The number of carbonyl (C=O) groups is 2. The summed E-state index contributed by atoms with van der Waals surface area (Å²) in [6.45, 7) is 7.24. The van der Waals surface area contributed by atoms with Gasteiger partial charge >= 0.3 is 0 Å². The van der Waals surface area contributed by atoms with Gasteiger partial charge in [-0.2, -0.15) is 0 Å². The average Bonchev–Trinajstić information content (AvgIpc) is 3.48. The van der Waals surface area contributed by atoms with Gasteiger partial charge in [0.2, 0.25) is 11.8 Å². The number of hydrogen-bond acceptors (Lipinski definition) is 5. The van der Waals surface area contributed by atoms with Crippen LogP contribution in [0.25, 0.3) is 0 Å². The maximum atomic E-state index is 13.6. The van der Waals surface area contributed by atoms with E-state index >= 15 is 0 Å². The van der Waals surface area contributed by atoms with Crippen molar-refractivity contribution in [2.24, 2.45) is 5.92 Å². The van der Waals surface area contributed by atoms with Crippen LogP contribution < -0.4 is 4.90 Å². The molecule has 2 N–H and O–H groups in total. The Hall–Kier alpha value is -2.52. The number of aliphatic hydroxyl groups excluding tert-OH is 1. The SMILES string of the molecule is C[C@@H]1[C@@H]([Si](C)(C)O)[C@H](CC(=O)N2Cc3ccccc3C[C@H]2CO)O[C@@H]1CCc1cccc(N2CCCC2=O)c1. The molecular formula is C31H42N2O5Si. The van der Waals surface area contributed by atoms with Crippen molar-refractivity contribution in [1.82, 2.24) is 4.90 Å². The third-order valence-electron chi connectivity index (χ3n) is 8.99. The Morgan fingerprint density at radius 2 is 1.87 bits per heavy atom. The Morgan fingerprint density at radius 1 is 1.10 bits per heavy atom. The normalized spacial score (nSPS) is 27.2. The molecule has 39 heavy (non-hydrogen) atoms. The van der Waals surface area contributed by atoms with Gasteiger partial charge in [-0.3, -0.25) is 9.59 Å². The highest BCUT2D eigenvalue weighted by Crippen LogP contribution is 2.46. The van der Waals surface area contributed by atoms with Crippen LogP contribution >= 0.6 is 0 Å². The molecule has 0 saturated carbocycles. The molecule has 2 amide bonds. The van der Waals surface area contributed by atoms with E-state index in [0.29, 0.717) is 19.4 Å². The molecule has 0 bridgehead atoms. The van der Waals surface area contributed by atoms with Gasteiger partial charge in [0.1, 0.15) is 0 Å². The first kappa shape index (κ1) is 28.0. The number of hydrogen-bond donors (Lipinski definition) is 2. The fourth-order valence-corrected chi connectivity index (χ4v) is 9.66. The molecule has 5 rings (SSSR count). The summed E-state index contributed by atoms with van der Waals surface area (Å²) in [6.07, 6.45) is 3.59. The molecule has 7 nitrogen and oxygen atoms in total. The Bertz CT molecular complexity index is 1200. The van der Waals surface area contributed by atoms with Crippen LogP contribution in [0.4, 0.5) is 5.69 Å². The molecule has 0 radical (unpaired) electrons. The standard InChI is InChI=1S/C31H42N2O5Si/c1-21-27(14-13-22-8-6-11-25(16-22)32-15-7-12-29(32)35)38-28(31(21)39(2,3)37)18-30(36)33-19-24-10-5-4-9-23(24)17-26(33)20-34/h4-6,8-11,16,21,26-28,31,34,37H,7,12-15,17-20H2,1-3H3/t21-,26-,27+,28-,31+/m0/s1. The molecule has 0 aromatic heterocycles. The molecule has 2 aromatic carbocycles. The highest BCUT2D eigenvalue weighted by Gasteiger charge is 2.50. The number of benzene rings is 2. The van der Waals surface area contributed by atoms with Crippen LogP contribution in [-0.4, -0.2) is 66.3 Å². The summed E-state index contributed by atoms with van der Waals surface area (Å²) >= 11 is 0. The predicted octanol–water partition coefficient (Wildman–Crippen LogP) is 4.05. The van der Waals surface area contributed by atoms with Crippen LogP contribution in [0.1, 0.15) is 49.3 Å². The summed E-state index contributed by atoms with van der Waals surface area (Å²) in [5, 5.41) is 10.1. The zero-order valence-corrected chi connectivity index (χ0v) is 24.4. The van der Waals surface area contributed by atoms with Crippen molar-refractivity contribution >= 4 is 25.8 Å². The molecule has 2 fully saturated rings. The van der Waals surface area contributed by atoms with Crippen LogP contribution in [0.5, 0.6) is 0 Å². The zero-order chi connectivity index (χ0) is 27.7. The van der Waals surface area contributed by atoms with E-state index in [4.69, 9.17) is 4.74 Å². The van der Waals surface area contributed by atoms with Crippen molar-refractivity contribution in [3.63, 3.8) is 0 Å². The van der Waals surface area contributed by atoms with E-state index in [1.54, 1.807) is 4.90 Å². The van der Waals surface area contributed by atoms with Crippen LogP contribution in [0.15, 0.2) is 48.5 Å². The minimum absolute atomic E-state index is 0.0207. The number of ether oxygens (including phenoxy) is 1. The van der Waals surface area contributed by atoms with Crippen LogP contribution in [0.3, 0.4) is 0 Å². The first-order chi connectivity index (χ1) is 18.7. The van der Waals surface area contributed by atoms with Crippen molar-refractivity contribution in [3.05, 3.63) is 65.2 Å². The maximum absolute atomic E-state index is 13.6. The maximum Gasteiger partial charge on any atom is 0.227 e. The summed E-state index contributed by atoms with van der Waals surface area (Å²) < 4.78 is 6.58. The van der Waals surface area contributed by atoms with E-state index in [1.807, 2.05) is 42.3 Å². The molecule has 5 atom stereocenters. The minimum Gasteiger partial charge on any atom is -0.432 e. The lowest BCUT2D eigenvalue weighted by Gasteiger charge is -2.37. The lowest BCUT2D eigenvalue weighted by molar-refractivity contribution is -0.138. The highest BCUT2D eigenvalue weighted by atomic mass is 28.4. The predicted molar refractivity (Wildman–Crippen MR) is 154 cm³/mol. The van der Waals surface area contributed by atoms with Gasteiger partial charge in [-0.1, -0.05) is 43.3 Å². The molecule has 2 aromatic rings. The van der Waals surface area contributed by atoms with Gasteiger partial charge in [0.05, 0.1) is 31.3 Å². The Kier molecular flexibility index (Phi) is 8.28. The average molecular weight is 551 g/mol. The second-order valence-corrected chi connectivity index (χ2v) is 16.1. The Labute approximate surface area is 232 Å². The molecule has 0 spiro atoms. The monoisotopic (exact) mass is 550 g/mol. The molecule has 0 unspecified atom stereocenters. The van der Waals surface area contributed by atoms with E-state index in [-0.39, 0.29) is 54.6 Å². The summed E-state index contributed by atoms with van der Waals surface area (Å²) in [5.41, 5.74) is 4.39. The van der Waals surface area contributed by atoms with Crippen molar-refractivity contribution in [3.8, 4) is 0 Å². The van der Waals surface area contributed by atoms with Gasteiger partial charge in [0, 0.05) is 30.7 Å². The van der Waals surface area contributed by atoms with E-state index in [2.05, 4.69) is 31.2 Å². The summed E-state index contributed by atoms with van der Waals surface area (Å²) in [7, 11) is -2.62. The van der Waals surface area contributed by atoms with Crippen molar-refractivity contribution < 1.29 is 24.2 Å². The number of fused-ring (bicyclic) bond motifs is 1. The zero-order valence-electron chi connectivity index (χ0n) is 23.4.